The molecule has 0 unspecified atom stereocenters. The highest BCUT2D eigenvalue weighted by molar-refractivity contribution is 8.13. The highest BCUT2D eigenvalue weighted by Crippen LogP contribution is 2.51. The summed E-state index contributed by atoms with van der Waals surface area (Å²) in [4.78, 5) is 28.8. The molecule has 0 aliphatic heterocycles. The van der Waals surface area contributed by atoms with Crippen molar-refractivity contribution in [2.24, 2.45) is 35.5 Å². The van der Waals surface area contributed by atoms with Crippen LogP contribution in [-0.4, -0.2) is 22.8 Å². The minimum Gasteiger partial charge on any atom is -0.454 e. The Kier molecular flexibility index (Phi) is 12.1. The van der Waals surface area contributed by atoms with E-state index in [0.717, 1.165) is 54.7 Å². The van der Waals surface area contributed by atoms with E-state index in [-0.39, 0.29) is 34.6 Å². The molecule has 4 nitrogen and oxygen atoms in total. The molecule has 0 aromatic heterocycles. The van der Waals surface area contributed by atoms with E-state index in [2.05, 4.69) is 77.9 Å². The van der Waals surface area contributed by atoms with E-state index >= 15 is 0 Å². The summed E-state index contributed by atoms with van der Waals surface area (Å²) in [6.07, 6.45) is 9.83. The topological polar surface area (TPSA) is 52.6 Å². The Morgan fingerprint density at radius 3 is 1.42 bits per heavy atom. The molecule has 6 heteroatoms. The van der Waals surface area contributed by atoms with Gasteiger partial charge in [0.1, 0.15) is 12.2 Å². The van der Waals surface area contributed by atoms with Crippen molar-refractivity contribution in [3.63, 3.8) is 0 Å². The Morgan fingerprint density at radius 1 is 0.622 bits per heavy atom. The van der Waals surface area contributed by atoms with Gasteiger partial charge in [0.25, 0.3) is 0 Å². The molecule has 5 rings (SSSR count). The summed E-state index contributed by atoms with van der Waals surface area (Å²) in [5.74, 6) is 3.61. The second kappa shape index (κ2) is 15.8. The highest BCUT2D eigenvalue weighted by atomic mass is 32.2. The fraction of sp³-hybridized carbons (Fsp3) is 0.641. The smallest absolute Gasteiger partial charge is 0.372 e. The minimum absolute atomic E-state index is 0.00330. The van der Waals surface area contributed by atoms with E-state index in [1.807, 2.05) is 12.1 Å². The van der Waals surface area contributed by atoms with Crippen LogP contribution < -0.4 is 0 Å². The van der Waals surface area contributed by atoms with Crippen LogP contribution in [0.3, 0.4) is 0 Å². The predicted octanol–water partition coefficient (Wildman–Crippen LogP) is 12.1. The number of ether oxygens (including phenoxy) is 2. The molecule has 0 saturated heterocycles. The lowest BCUT2D eigenvalue weighted by atomic mass is 9.75. The number of rotatable bonds is 8. The van der Waals surface area contributed by atoms with Gasteiger partial charge < -0.3 is 9.47 Å². The van der Waals surface area contributed by atoms with Crippen molar-refractivity contribution in [2.45, 2.75) is 133 Å². The molecule has 0 N–H and O–H groups in total. The molecule has 0 heterocycles. The SMILES string of the molecule is CC(C)[C@@H]1CC[C@@H](C)C[C@H]1OC(=O)Sc1ccccc1[C@H]1CCC[C@@H]1c1ccccc1SC(=O)O[C@@H]1C[C@H](C)CC[C@H]1C(C)C. The summed E-state index contributed by atoms with van der Waals surface area (Å²) in [6, 6.07) is 16.8. The Bertz CT molecular complexity index is 1190. The fourth-order valence-corrected chi connectivity index (χ4v) is 10.1. The average Bonchev–Trinajstić information content (AvgIpc) is 3.47. The fourth-order valence-electron chi connectivity index (χ4n) is 8.44. The quantitative estimate of drug-likeness (QED) is 0.209. The molecule has 45 heavy (non-hydrogen) atoms. The number of benzene rings is 2. The molecule has 3 fully saturated rings. The summed E-state index contributed by atoms with van der Waals surface area (Å²) in [7, 11) is 0. The van der Waals surface area contributed by atoms with Crippen LogP contribution in [-0.2, 0) is 9.47 Å². The third-order valence-electron chi connectivity index (χ3n) is 11.0. The zero-order valence-electron chi connectivity index (χ0n) is 28.2. The van der Waals surface area contributed by atoms with E-state index in [9.17, 15) is 9.59 Å². The van der Waals surface area contributed by atoms with Gasteiger partial charge in [-0.2, -0.15) is 0 Å². The molecule has 0 amide bonds. The van der Waals surface area contributed by atoms with Crippen LogP contribution in [0.1, 0.15) is 122 Å². The molecular weight excluding hydrogens is 597 g/mol. The molecule has 3 aliphatic carbocycles. The molecule has 2 aromatic rings. The zero-order valence-corrected chi connectivity index (χ0v) is 29.8. The van der Waals surface area contributed by atoms with Crippen LogP contribution in [0.2, 0.25) is 0 Å². The summed E-state index contributed by atoms with van der Waals surface area (Å²) in [5, 5.41) is -0.366. The number of carbonyl (C=O) groups excluding carboxylic acids is 2. The van der Waals surface area contributed by atoms with Gasteiger partial charge in [-0.05, 0) is 133 Å². The first-order chi connectivity index (χ1) is 21.6. The standard InChI is InChI=1S/C39H54O4S2/c1-24(2)28-20-18-26(5)22-34(28)42-38(40)44-36-16-9-7-12-32(36)30-14-11-15-31(30)33-13-8-10-17-37(33)45-39(41)43-35-23-27(6)19-21-29(35)25(3)4/h7-10,12-13,16-17,24-31,34-35H,11,14-15,18-23H2,1-6H3/t26-,27-,28+,29+,30+,31+,34-,35-/m1/s1. The lowest BCUT2D eigenvalue weighted by molar-refractivity contribution is 0.0181. The van der Waals surface area contributed by atoms with Crippen molar-refractivity contribution in [1.29, 1.82) is 0 Å². The van der Waals surface area contributed by atoms with Crippen molar-refractivity contribution < 1.29 is 19.1 Å². The van der Waals surface area contributed by atoms with Crippen molar-refractivity contribution in [3.05, 3.63) is 59.7 Å². The first-order valence-electron chi connectivity index (χ1n) is 17.5. The maximum atomic E-state index is 13.4. The number of hydrogen-bond acceptors (Lipinski definition) is 6. The molecule has 0 radical (unpaired) electrons. The van der Waals surface area contributed by atoms with Crippen LogP contribution in [0.4, 0.5) is 9.59 Å². The van der Waals surface area contributed by atoms with E-state index < -0.39 is 0 Å². The summed E-state index contributed by atoms with van der Waals surface area (Å²) >= 11 is 2.52. The van der Waals surface area contributed by atoms with Crippen LogP contribution >= 0.6 is 23.5 Å². The molecule has 8 atom stereocenters. The monoisotopic (exact) mass is 650 g/mol. The Balaban J connectivity index is 1.30. The third kappa shape index (κ3) is 8.71. The summed E-state index contributed by atoms with van der Waals surface area (Å²) in [6.45, 7) is 13.5. The summed E-state index contributed by atoms with van der Waals surface area (Å²) in [5.41, 5.74) is 2.44. The first kappa shape index (κ1) is 34.4. The Morgan fingerprint density at radius 2 is 1.02 bits per heavy atom. The van der Waals surface area contributed by atoms with Crippen molar-refractivity contribution >= 4 is 34.1 Å². The largest absolute Gasteiger partial charge is 0.454 e. The lowest BCUT2D eigenvalue weighted by Gasteiger charge is -2.36. The number of carbonyl (C=O) groups is 2. The van der Waals surface area contributed by atoms with Crippen molar-refractivity contribution in [1.82, 2.24) is 0 Å². The van der Waals surface area contributed by atoms with Gasteiger partial charge in [-0.15, -0.1) is 0 Å². The van der Waals surface area contributed by atoms with Gasteiger partial charge in [-0.1, -0.05) is 97.2 Å². The van der Waals surface area contributed by atoms with Crippen LogP contribution in [0.5, 0.6) is 0 Å². The predicted molar refractivity (Wildman–Crippen MR) is 187 cm³/mol. The van der Waals surface area contributed by atoms with E-state index in [1.54, 1.807) is 0 Å². The van der Waals surface area contributed by atoms with E-state index in [0.29, 0.717) is 35.5 Å². The maximum absolute atomic E-state index is 13.4. The van der Waals surface area contributed by atoms with Crippen molar-refractivity contribution in [2.75, 3.05) is 0 Å². The molecule has 3 saturated carbocycles. The second-order valence-corrected chi connectivity index (χ2v) is 16.8. The number of thioether (sulfide) groups is 2. The van der Waals surface area contributed by atoms with Gasteiger partial charge in [-0.3, -0.25) is 0 Å². The van der Waals surface area contributed by atoms with Gasteiger partial charge in [0.05, 0.1) is 0 Å². The molecule has 0 spiro atoms. The molecule has 0 bridgehead atoms. The highest BCUT2D eigenvalue weighted by Gasteiger charge is 2.37. The van der Waals surface area contributed by atoms with E-state index in [4.69, 9.17) is 9.47 Å². The zero-order chi connectivity index (χ0) is 32.1. The molecule has 246 valence electrons. The van der Waals surface area contributed by atoms with Gasteiger partial charge in [-0.25, -0.2) is 9.59 Å². The second-order valence-electron chi connectivity index (χ2n) is 14.9. The molecule has 2 aromatic carbocycles. The van der Waals surface area contributed by atoms with Crippen LogP contribution in [0.25, 0.3) is 0 Å². The average molecular weight is 651 g/mol. The minimum atomic E-state index is -0.183. The van der Waals surface area contributed by atoms with Gasteiger partial charge in [0.2, 0.25) is 0 Å². The van der Waals surface area contributed by atoms with E-state index in [1.165, 1.54) is 47.5 Å². The van der Waals surface area contributed by atoms with Gasteiger partial charge >= 0.3 is 10.6 Å². The third-order valence-corrected chi connectivity index (χ3v) is 12.7. The van der Waals surface area contributed by atoms with Crippen molar-refractivity contribution in [3.8, 4) is 0 Å². The maximum Gasteiger partial charge on any atom is 0.372 e. The van der Waals surface area contributed by atoms with Crippen LogP contribution in [0.15, 0.2) is 58.3 Å². The Labute approximate surface area is 280 Å². The molecule has 3 aliphatic rings. The molecular formula is C39H54O4S2. The first-order valence-corrected chi connectivity index (χ1v) is 19.2. The van der Waals surface area contributed by atoms with Gasteiger partial charge in [0.15, 0.2) is 0 Å². The summed E-state index contributed by atoms with van der Waals surface area (Å²) < 4.78 is 12.4. The Hall–Kier alpha value is -1.92. The van der Waals surface area contributed by atoms with Gasteiger partial charge in [0, 0.05) is 9.79 Å². The number of hydrogen-bond donors (Lipinski definition) is 0. The van der Waals surface area contributed by atoms with Crippen LogP contribution in [0, 0.1) is 35.5 Å². The normalized spacial score (nSPS) is 30.4. The lowest BCUT2D eigenvalue weighted by Crippen LogP contribution is -2.35.